The van der Waals surface area contributed by atoms with Crippen molar-refractivity contribution < 1.29 is 4.79 Å². The molecule has 0 unspecified atom stereocenters. The molecule has 1 amide bonds. The minimum Gasteiger partial charge on any atom is -0.372 e. The van der Waals surface area contributed by atoms with Crippen molar-refractivity contribution in [3.8, 4) is 0 Å². The first-order chi connectivity index (χ1) is 28.6. The number of carbonyl (C=O) groups is 1. The molecule has 0 aliphatic carbocycles. The summed E-state index contributed by atoms with van der Waals surface area (Å²) in [6.45, 7) is 24.9. The molecule has 6 nitrogen and oxygen atoms in total. The lowest BCUT2D eigenvalue weighted by Crippen LogP contribution is -2.21. The molecule has 0 aromatic heterocycles. The van der Waals surface area contributed by atoms with E-state index in [0.717, 1.165) is 91.3 Å². The Morgan fingerprint density at radius 3 is 0.983 bits per heavy atom. The molecule has 0 aliphatic heterocycles. The number of benzene rings is 5. The minimum atomic E-state index is -0.495. The lowest BCUT2D eigenvalue weighted by Gasteiger charge is -2.24. The summed E-state index contributed by atoms with van der Waals surface area (Å²) in [4.78, 5) is 22.7. The van der Waals surface area contributed by atoms with Gasteiger partial charge < -0.3 is 25.3 Å². The van der Waals surface area contributed by atoms with E-state index in [9.17, 15) is 4.79 Å². The second-order valence-electron chi connectivity index (χ2n) is 14.7. The summed E-state index contributed by atoms with van der Waals surface area (Å²) in [6, 6.07) is 40.8. The molecule has 5 aromatic carbocycles. The van der Waals surface area contributed by atoms with Crippen LogP contribution in [-0.4, -0.2) is 58.3 Å². The second kappa shape index (κ2) is 21.5. The fraction of sp³-hybridized carbons (Fsp3) is 0.327. The van der Waals surface area contributed by atoms with E-state index in [1.165, 1.54) is 22.7 Å². The predicted octanol–water partition coefficient (Wildman–Crippen LogP) is 12.2. The van der Waals surface area contributed by atoms with Crippen LogP contribution in [-0.2, 0) is 0 Å². The van der Waals surface area contributed by atoms with Crippen LogP contribution in [0.3, 0.4) is 0 Å². The van der Waals surface area contributed by atoms with Crippen LogP contribution in [0, 0.1) is 0 Å². The van der Waals surface area contributed by atoms with Crippen LogP contribution in [0.25, 0.3) is 11.1 Å². The second-order valence-corrected chi connectivity index (χ2v) is 15.1. The van der Waals surface area contributed by atoms with E-state index >= 15 is 0 Å². The number of anilines is 4. The van der Waals surface area contributed by atoms with Crippen molar-refractivity contribution in [3.63, 3.8) is 0 Å². The van der Waals surface area contributed by atoms with Crippen LogP contribution in [0.15, 0.2) is 127 Å². The number of hydrogen-bond acceptors (Lipinski definition) is 5. The summed E-state index contributed by atoms with van der Waals surface area (Å²) in [5.41, 5.74) is 18.5. The zero-order chi connectivity index (χ0) is 42.5. The van der Waals surface area contributed by atoms with Gasteiger partial charge in [-0.2, -0.15) is 0 Å². The van der Waals surface area contributed by atoms with Crippen molar-refractivity contribution in [2.24, 2.45) is 5.73 Å². The Bertz CT molecular complexity index is 1900. The van der Waals surface area contributed by atoms with Gasteiger partial charge in [-0.15, -0.1) is 0 Å². The maximum Gasteiger partial charge on any atom is 0.249 e. The van der Waals surface area contributed by atoms with Gasteiger partial charge in [0.2, 0.25) is 5.91 Å². The third kappa shape index (κ3) is 10.8. The SMILES string of the molecule is CCN(CC)c1ccc(C(=CC(C=C(c2ccc(N(CC)CC)cc2)c2ccc(N(CC)CC)cc2)c2cc(Cl)ccc2C(N)=O)c2ccc(N(CC)CC)cc2)cc1. The molecular weight excluding hydrogens is 746 g/mol. The highest BCUT2D eigenvalue weighted by Crippen LogP contribution is 2.38. The molecule has 59 heavy (non-hydrogen) atoms. The summed E-state index contributed by atoms with van der Waals surface area (Å²) in [6.07, 6.45) is 4.57. The molecule has 7 heteroatoms. The zero-order valence-corrected chi connectivity index (χ0v) is 37.3. The molecule has 0 aliphatic rings. The highest BCUT2D eigenvalue weighted by atomic mass is 35.5. The van der Waals surface area contributed by atoms with Gasteiger partial charge in [-0.05, 0) is 161 Å². The molecule has 0 saturated heterocycles. The Morgan fingerprint density at radius 2 is 0.746 bits per heavy atom. The molecule has 0 atom stereocenters. The Balaban J connectivity index is 1.83. The first-order valence-corrected chi connectivity index (χ1v) is 21.9. The first-order valence-electron chi connectivity index (χ1n) is 21.6. The number of halogens is 1. The predicted molar refractivity (Wildman–Crippen MR) is 257 cm³/mol. The van der Waals surface area contributed by atoms with Gasteiger partial charge in [0.05, 0.1) is 0 Å². The number of amides is 1. The lowest BCUT2D eigenvalue weighted by molar-refractivity contribution is 0.0999. The third-order valence-electron chi connectivity index (χ3n) is 11.6. The maximum absolute atomic E-state index is 13.2. The van der Waals surface area contributed by atoms with Gasteiger partial charge in [-0.3, -0.25) is 4.79 Å². The highest BCUT2D eigenvalue weighted by Gasteiger charge is 2.21. The van der Waals surface area contributed by atoms with E-state index in [1.54, 1.807) is 12.1 Å². The zero-order valence-electron chi connectivity index (χ0n) is 36.5. The summed E-state index contributed by atoms with van der Waals surface area (Å²) in [5.74, 6) is -0.901. The quantitative estimate of drug-likeness (QED) is 0.0849. The highest BCUT2D eigenvalue weighted by molar-refractivity contribution is 6.30. The summed E-state index contributed by atoms with van der Waals surface area (Å²) < 4.78 is 0. The molecule has 0 fully saturated rings. The molecule has 5 rings (SSSR count). The number of nitrogens with two attached hydrogens (primary N) is 1. The van der Waals surface area contributed by atoms with Gasteiger partial charge in [-0.1, -0.05) is 72.3 Å². The number of carbonyl (C=O) groups excluding carboxylic acids is 1. The van der Waals surface area contributed by atoms with Gasteiger partial charge in [0.15, 0.2) is 0 Å². The van der Waals surface area contributed by atoms with Crippen LogP contribution < -0.4 is 25.3 Å². The normalized spacial score (nSPS) is 10.9. The summed E-state index contributed by atoms with van der Waals surface area (Å²) in [7, 11) is 0. The molecule has 2 N–H and O–H groups in total. The number of rotatable bonds is 20. The standard InChI is InChI=1S/C52H64ClN5O/c1-9-55(10-2)44-26-17-38(18-27-44)49(39-19-28-45(29-20-39)56(11-3)12-4)35-42(51-37-43(53)25-34-48(51)52(54)59)36-50(40-21-30-46(31-22-40)57(13-5)14-6)41-23-32-47(33-24-41)58(15-7)16-8/h17-37,42H,9-16H2,1-8H3,(H2,54,59). The molecule has 0 radical (unpaired) electrons. The van der Waals surface area contributed by atoms with Crippen molar-refractivity contribution in [1.82, 2.24) is 0 Å². The van der Waals surface area contributed by atoms with Crippen LogP contribution in [0.5, 0.6) is 0 Å². The van der Waals surface area contributed by atoms with Crippen LogP contribution in [0.2, 0.25) is 5.02 Å². The number of hydrogen-bond donors (Lipinski definition) is 1. The number of allylic oxidation sites excluding steroid dienone is 2. The minimum absolute atomic E-state index is 0.406. The van der Waals surface area contributed by atoms with Gasteiger partial charge in [-0.25, -0.2) is 0 Å². The van der Waals surface area contributed by atoms with Gasteiger partial charge in [0.25, 0.3) is 0 Å². The molecule has 0 bridgehead atoms. The smallest absolute Gasteiger partial charge is 0.249 e. The van der Waals surface area contributed by atoms with Crippen LogP contribution in [0.1, 0.15) is 99.5 Å². The largest absolute Gasteiger partial charge is 0.372 e. The van der Waals surface area contributed by atoms with Gasteiger partial charge in [0, 0.05) is 91.6 Å². The molecular formula is C52H64ClN5O. The van der Waals surface area contributed by atoms with E-state index < -0.39 is 11.8 Å². The fourth-order valence-corrected chi connectivity index (χ4v) is 8.28. The van der Waals surface area contributed by atoms with Crippen molar-refractivity contribution in [3.05, 3.63) is 166 Å². The van der Waals surface area contributed by atoms with E-state index in [4.69, 9.17) is 17.3 Å². The monoisotopic (exact) mass is 809 g/mol. The van der Waals surface area contributed by atoms with Gasteiger partial charge >= 0.3 is 0 Å². The summed E-state index contributed by atoms with van der Waals surface area (Å²) >= 11 is 6.79. The van der Waals surface area contributed by atoms with Crippen molar-refractivity contribution >= 4 is 51.4 Å². The third-order valence-corrected chi connectivity index (χ3v) is 11.8. The lowest BCUT2D eigenvalue weighted by atomic mass is 9.84. The van der Waals surface area contributed by atoms with Crippen LogP contribution >= 0.6 is 11.6 Å². The van der Waals surface area contributed by atoms with Crippen molar-refractivity contribution in [2.75, 3.05) is 72.0 Å². The molecule has 0 spiro atoms. The van der Waals surface area contributed by atoms with E-state index in [2.05, 4.69) is 184 Å². The van der Waals surface area contributed by atoms with E-state index in [1.807, 2.05) is 6.07 Å². The Kier molecular flexibility index (Phi) is 16.3. The molecule has 0 saturated carbocycles. The summed E-state index contributed by atoms with van der Waals surface area (Å²) in [5, 5.41) is 0.541. The van der Waals surface area contributed by atoms with Gasteiger partial charge in [0.1, 0.15) is 0 Å². The average Bonchev–Trinajstić information content (AvgIpc) is 3.27. The Labute approximate surface area is 359 Å². The van der Waals surface area contributed by atoms with E-state index in [0.29, 0.717) is 10.6 Å². The number of primary amides is 1. The molecule has 5 aromatic rings. The first kappa shape index (κ1) is 44.6. The Hall–Kier alpha value is -5.46. The molecule has 0 heterocycles. The maximum atomic E-state index is 13.2. The van der Waals surface area contributed by atoms with Crippen molar-refractivity contribution in [2.45, 2.75) is 61.3 Å². The fourth-order valence-electron chi connectivity index (χ4n) is 8.10. The average molecular weight is 811 g/mol. The topological polar surface area (TPSA) is 56.1 Å². The van der Waals surface area contributed by atoms with Crippen LogP contribution in [0.4, 0.5) is 22.7 Å². The number of nitrogens with zero attached hydrogens (tertiary/aromatic N) is 4. The van der Waals surface area contributed by atoms with Crippen molar-refractivity contribution in [1.29, 1.82) is 0 Å². The molecule has 310 valence electrons. The van der Waals surface area contributed by atoms with E-state index in [-0.39, 0.29) is 0 Å². The Morgan fingerprint density at radius 1 is 0.475 bits per heavy atom.